The monoisotopic (exact) mass is 334 g/mol. The first-order valence-electron chi connectivity index (χ1n) is 8.97. The number of carbonyl (C=O) groups is 1. The lowest BCUT2D eigenvalue weighted by atomic mass is 10.0. The van der Waals surface area contributed by atoms with Crippen LogP contribution in [0.2, 0.25) is 0 Å². The Morgan fingerprint density at radius 3 is 2.46 bits per heavy atom. The number of carbonyl (C=O) groups excluding carboxylic acids is 1. The Labute approximate surface area is 145 Å². The van der Waals surface area contributed by atoms with Crippen LogP contribution in [0, 0.1) is 0 Å². The predicted octanol–water partition coefficient (Wildman–Crippen LogP) is 3.76. The van der Waals surface area contributed by atoms with Crippen molar-refractivity contribution in [3.05, 3.63) is 17.6 Å². The molecule has 1 aromatic rings. The Balaban J connectivity index is 2.00. The molecule has 6 nitrogen and oxygen atoms in total. The Morgan fingerprint density at radius 1 is 1.25 bits per heavy atom. The van der Waals surface area contributed by atoms with Crippen LogP contribution in [0.4, 0.5) is 10.6 Å². The van der Waals surface area contributed by atoms with Gasteiger partial charge in [-0.15, -0.1) is 0 Å². The van der Waals surface area contributed by atoms with Crippen molar-refractivity contribution in [1.82, 2.24) is 14.9 Å². The number of nitrogens with zero attached hydrogens (tertiary/aromatic N) is 3. The van der Waals surface area contributed by atoms with Gasteiger partial charge in [0.1, 0.15) is 11.6 Å². The molecule has 1 aromatic heterocycles. The summed E-state index contributed by atoms with van der Waals surface area (Å²) >= 11 is 0. The minimum atomic E-state index is -0.206. The van der Waals surface area contributed by atoms with E-state index in [0.29, 0.717) is 24.5 Å². The standard InChI is InChI=1S/C18H30N4O2/c1-6-24-18(23)22-9-7-14(8-10-22)19-16-11-15(12(2)3)20-17(21-16)13(4)5/h11-14H,6-10H2,1-5H3,(H,19,20,21). The van der Waals surface area contributed by atoms with E-state index in [-0.39, 0.29) is 6.09 Å². The molecular weight excluding hydrogens is 304 g/mol. The molecule has 134 valence electrons. The molecule has 6 heteroatoms. The van der Waals surface area contributed by atoms with Crippen LogP contribution in [0.1, 0.15) is 70.8 Å². The maximum absolute atomic E-state index is 11.8. The molecule has 1 N–H and O–H groups in total. The molecule has 0 unspecified atom stereocenters. The molecule has 2 heterocycles. The van der Waals surface area contributed by atoms with Gasteiger partial charge >= 0.3 is 6.09 Å². The number of hydrogen-bond acceptors (Lipinski definition) is 5. The quantitative estimate of drug-likeness (QED) is 0.888. The SMILES string of the molecule is CCOC(=O)N1CCC(Nc2cc(C(C)C)nc(C(C)C)n2)CC1. The van der Waals surface area contributed by atoms with Crippen LogP contribution in [0.5, 0.6) is 0 Å². The van der Waals surface area contributed by atoms with Gasteiger partial charge in [-0.1, -0.05) is 27.7 Å². The normalized spacial score (nSPS) is 15.9. The lowest BCUT2D eigenvalue weighted by Crippen LogP contribution is -2.42. The largest absolute Gasteiger partial charge is 0.450 e. The van der Waals surface area contributed by atoms with E-state index in [1.807, 2.05) is 13.0 Å². The van der Waals surface area contributed by atoms with Crippen molar-refractivity contribution in [3.63, 3.8) is 0 Å². The van der Waals surface area contributed by atoms with Crippen molar-refractivity contribution in [1.29, 1.82) is 0 Å². The molecule has 0 aromatic carbocycles. The summed E-state index contributed by atoms with van der Waals surface area (Å²) in [6.45, 7) is 12.2. The van der Waals surface area contributed by atoms with Crippen LogP contribution in [0.25, 0.3) is 0 Å². The number of ether oxygens (including phenoxy) is 1. The van der Waals surface area contributed by atoms with E-state index in [1.54, 1.807) is 4.90 Å². The molecule has 24 heavy (non-hydrogen) atoms. The summed E-state index contributed by atoms with van der Waals surface area (Å²) in [4.78, 5) is 22.9. The average molecular weight is 334 g/mol. The van der Waals surface area contributed by atoms with Crippen molar-refractivity contribution >= 4 is 11.9 Å². The summed E-state index contributed by atoms with van der Waals surface area (Å²) in [5.74, 6) is 2.45. The summed E-state index contributed by atoms with van der Waals surface area (Å²) < 4.78 is 5.06. The zero-order valence-electron chi connectivity index (χ0n) is 15.5. The second kappa shape index (κ2) is 8.31. The van der Waals surface area contributed by atoms with Gasteiger partial charge in [0.05, 0.1) is 6.61 Å². The van der Waals surface area contributed by atoms with E-state index >= 15 is 0 Å². The molecule has 1 aliphatic rings. The van der Waals surface area contributed by atoms with Gasteiger partial charge in [0.25, 0.3) is 0 Å². The molecule has 2 rings (SSSR count). The zero-order valence-corrected chi connectivity index (χ0v) is 15.5. The van der Waals surface area contributed by atoms with Crippen molar-refractivity contribution in [2.75, 3.05) is 25.0 Å². The molecule has 0 radical (unpaired) electrons. The van der Waals surface area contributed by atoms with E-state index < -0.39 is 0 Å². The number of likely N-dealkylation sites (tertiary alicyclic amines) is 1. The minimum absolute atomic E-state index is 0.206. The van der Waals surface area contributed by atoms with E-state index in [4.69, 9.17) is 4.74 Å². The van der Waals surface area contributed by atoms with E-state index in [0.717, 1.165) is 43.3 Å². The van der Waals surface area contributed by atoms with Gasteiger partial charge in [-0.3, -0.25) is 0 Å². The highest BCUT2D eigenvalue weighted by Crippen LogP contribution is 2.22. The van der Waals surface area contributed by atoms with Crippen LogP contribution in [0.3, 0.4) is 0 Å². The second-order valence-corrected chi connectivity index (χ2v) is 6.95. The van der Waals surface area contributed by atoms with Crippen molar-refractivity contribution in [3.8, 4) is 0 Å². The van der Waals surface area contributed by atoms with Crippen molar-refractivity contribution in [2.45, 2.75) is 65.3 Å². The smallest absolute Gasteiger partial charge is 0.409 e. The van der Waals surface area contributed by atoms with E-state index in [9.17, 15) is 4.79 Å². The van der Waals surface area contributed by atoms with Gasteiger partial charge in [0.15, 0.2) is 0 Å². The zero-order chi connectivity index (χ0) is 17.7. The highest BCUT2D eigenvalue weighted by Gasteiger charge is 2.24. The van der Waals surface area contributed by atoms with E-state index in [1.165, 1.54) is 0 Å². The summed E-state index contributed by atoms with van der Waals surface area (Å²) in [6, 6.07) is 2.37. The minimum Gasteiger partial charge on any atom is -0.450 e. The van der Waals surface area contributed by atoms with Gasteiger partial charge in [-0.05, 0) is 25.7 Å². The van der Waals surface area contributed by atoms with Crippen molar-refractivity contribution < 1.29 is 9.53 Å². The predicted molar refractivity (Wildman–Crippen MR) is 95.4 cm³/mol. The lowest BCUT2D eigenvalue weighted by molar-refractivity contribution is 0.0983. The fourth-order valence-corrected chi connectivity index (χ4v) is 2.74. The van der Waals surface area contributed by atoms with Crippen LogP contribution < -0.4 is 5.32 Å². The average Bonchev–Trinajstić information content (AvgIpc) is 2.55. The number of aromatic nitrogens is 2. The summed E-state index contributed by atoms with van der Waals surface area (Å²) in [5.41, 5.74) is 1.07. The highest BCUT2D eigenvalue weighted by molar-refractivity contribution is 5.67. The summed E-state index contributed by atoms with van der Waals surface area (Å²) in [6.07, 6.45) is 1.59. The Kier molecular flexibility index (Phi) is 6.40. The first-order valence-corrected chi connectivity index (χ1v) is 8.97. The number of nitrogens with one attached hydrogen (secondary N) is 1. The van der Waals surface area contributed by atoms with Crippen LogP contribution in [-0.4, -0.2) is 46.7 Å². The fourth-order valence-electron chi connectivity index (χ4n) is 2.74. The van der Waals surface area contributed by atoms with Crippen molar-refractivity contribution in [2.24, 2.45) is 0 Å². The third-order valence-electron chi connectivity index (χ3n) is 4.24. The van der Waals surface area contributed by atoms with Crippen LogP contribution >= 0.6 is 0 Å². The molecule has 0 atom stereocenters. The van der Waals surface area contributed by atoms with Crippen LogP contribution in [-0.2, 0) is 4.74 Å². The molecule has 0 bridgehead atoms. The van der Waals surface area contributed by atoms with Gasteiger partial charge < -0.3 is 15.0 Å². The molecule has 0 spiro atoms. The van der Waals surface area contributed by atoms with E-state index in [2.05, 4.69) is 43.0 Å². The topological polar surface area (TPSA) is 67.3 Å². The van der Waals surface area contributed by atoms with Gasteiger partial charge in [-0.2, -0.15) is 0 Å². The van der Waals surface area contributed by atoms with Gasteiger partial charge in [0, 0.05) is 36.8 Å². The number of hydrogen-bond donors (Lipinski definition) is 1. The summed E-state index contributed by atoms with van der Waals surface area (Å²) in [5, 5.41) is 3.53. The fraction of sp³-hybridized carbons (Fsp3) is 0.722. The molecule has 0 aliphatic carbocycles. The number of anilines is 1. The maximum Gasteiger partial charge on any atom is 0.409 e. The lowest BCUT2D eigenvalue weighted by Gasteiger charge is -2.32. The molecule has 1 aliphatic heterocycles. The van der Waals surface area contributed by atoms with Gasteiger partial charge in [-0.25, -0.2) is 14.8 Å². The molecule has 0 saturated carbocycles. The third-order valence-corrected chi connectivity index (χ3v) is 4.24. The number of rotatable bonds is 5. The first kappa shape index (κ1) is 18.5. The number of piperidine rings is 1. The molecule has 1 fully saturated rings. The highest BCUT2D eigenvalue weighted by atomic mass is 16.6. The van der Waals surface area contributed by atoms with Gasteiger partial charge in [0.2, 0.25) is 0 Å². The Bertz CT molecular complexity index is 526. The van der Waals surface area contributed by atoms with Crippen LogP contribution in [0.15, 0.2) is 6.07 Å². The Hall–Kier alpha value is -1.85. The molecular formula is C18H30N4O2. The second-order valence-electron chi connectivity index (χ2n) is 6.95. The maximum atomic E-state index is 11.8. The first-order chi connectivity index (χ1) is 11.4. The molecule has 1 amide bonds. The third kappa shape index (κ3) is 4.82. The summed E-state index contributed by atoms with van der Waals surface area (Å²) in [7, 11) is 0. The Morgan fingerprint density at radius 2 is 1.92 bits per heavy atom. The number of amides is 1. The molecule has 1 saturated heterocycles.